The molecule has 0 saturated carbocycles. The summed E-state index contributed by atoms with van der Waals surface area (Å²) in [4.78, 5) is 11.8. The van der Waals surface area contributed by atoms with Gasteiger partial charge < -0.3 is 5.32 Å². The molecule has 1 aromatic rings. The number of hydrogen-bond donors (Lipinski definition) is 1. The fraction of sp³-hybridized carbons (Fsp3) is 0.364. The average Bonchev–Trinajstić information content (AvgIpc) is 2.28. The van der Waals surface area contributed by atoms with Crippen LogP contribution >= 0.6 is 27.5 Å². The monoisotopic (exact) mass is 337 g/mol. The standard InChI is InChI=1S/C11H13BrClNO2S/c1-2-17(16)6-5-14-11(15)9-4-3-8(13)7-10(9)12/h3-4,7H,2,5-6H2,1H3,(H,14,15). The average molecular weight is 339 g/mol. The van der Waals surface area contributed by atoms with Gasteiger partial charge in [0.2, 0.25) is 0 Å². The van der Waals surface area contributed by atoms with Crippen LogP contribution in [0.15, 0.2) is 22.7 Å². The zero-order valence-electron chi connectivity index (χ0n) is 9.33. The zero-order chi connectivity index (χ0) is 12.8. The maximum absolute atomic E-state index is 11.8. The molecule has 3 nitrogen and oxygen atoms in total. The second kappa shape index (κ2) is 7.13. The lowest BCUT2D eigenvalue weighted by atomic mass is 10.2. The first kappa shape index (κ1) is 14.7. The summed E-state index contributed by atoms with van der Waals surface area (Å²) in [5.41, 5.74) is 0.525. The molecule has 0 spiro atoms. The highest BCUT2D eigenvalue weighted by molar-refractivity contribution is 9.10. The summed E-state index contributed by atoms with van der Waals surface area (Å²) >= 11 is 9.06. The molecule has 1 aromatic carbocycles. The van der Waals surface area contributed by atoms with Gasteiger partial charge in [-0.25, -0.2) is 0 Å². The summed E-state index contributed by atoms with van der Waals surface area (Å²) in [7, 11) is -0.856. The van der Waals surface area contributed by atoms with E-state index in [-0.39, 0.29) is 5.91 Å². The quantitative estimate of drug-likeness (QED) is 0.897. The lowest BCUT2D eigenvalue weighted by molar-refractivity contribution is 0.0955. The van der Waals surface area contributed by atoms with Gasteiger partial charge >= 0.3 is 0 Å². The molecule has 1 rings (SSSR count). The van der Waals surface area contributed by atoms with Gasteiger partial charge in [0, 0.05) is 38.3 Å². The zero-order valence-corrected chi connectivity index (χ0v) is 12.5. The largest absolute Gasteiger partial charge is 0.351 e. The summed E-state index contributed by atoms with van der Waals surface area (Å²) in [6, 6.07) is 4.98. The van der Waals surface area contributed by atoms with Crippen LogP contribution in [0.4, 0.5) is 0 Å². The Morgan fingerprint density at radius 2 is 2.24 bits per heavy atom. The van der Waals surface area contributed by atoms with E-state index in [1.165, 1.54) is 0 Å². The molecule has 0 aromatic heterocycles. The van der Waals surface area contributed by atoms with E-state index in [1.54, 1.807) is 18.2 Å². The minimum Gasteiger partial charge on any atom is -0.351 e. The topological polar surface area (TPSA) is 46.2 Å². The predicted molar refractivity (Wildman–Crippen MR) is 75.0 cm³/mol. The molecule has 6 heteroatoms. The van der Waals surface area contributed by atoms with Crippen LogP contribution < -0.4 is 5.32 Å². The number of hydrogen-bond acceptors (Lipinski definition) is 2. The highest BCUT2D eigenvalue weighted by Crippen LogP contribution is 2.21. The molecule has 0 radical (unpaired) electrons. The molecule has 94 valence electrons. The Morgan fingerprint density at radius 1 is 1.53 bits per heavy atom. The van der Waals surface area contributed by atoms with Gasteiger partial charge in [0.25, 0.3) is 5.91 Å². The molecule has 0 aliphatic rings. The van der Waals surface area contributed by atoms with E-state index in [0.29, 0.717) is 33.1 Å². The normalized spacial score (nSPS) is 12.2. The van der Waals surface area contributed by atoms with E-state index in [1.807, 2.05) is 6.92 Å². The summed E-state index contributed by atoms with van der Waals surface area (Å²) < 4.78 is 11.8. The highest BCUT2D eigenvalue weighted by atomic mass is 79.9. The third-order valence-electron chi connectivity index (χ3n) is 2.11. The van der Waals surface area contributed by atoms with Crippen molar-refractivity contribution in [2.45, 2.75) is 6.92 Å². The smallest absolute Gasteiger partial charge is 0.252 e. The third kappa shape index (κ3) is 4.77. The van der Waals surface area contributed by atoms with Crippen LogP contribution in [-0.4, -0.2) is 28.2 Å². The second-order valence-electron chi connectivity index (χ2n) is 3.31. The Morgan fingerprint density at radius 3 is 2.82 bits per heavy atom. The van der Waals surface area contributed by atoms with Crippen molar-refractivity contribution in [3.63, 3.8) is 0 Å². The molecular weight excluding hydrogens is 326 g/mol. The van der Waals surface area contributed by atoms with Crippen molar-refractivity contribution in [1.82, 2.24) is 5.32 Å². The fourth-order valence-corrected chi connectivity index (χ4v) is 2.67. The van der Waals surface area contributed by atoms with Crippen molar-refractivity contribution >= 4 is 44.2 Å². The number of benzene rings is 1. The van der Waals surface area contributed by atoms with Gasteiger partial charge in [-0.2, -0.15) is 0 Å². The Hall–Kier alpha value is -0.390. The number of nitrogens with one attached hydrogen (secondary N) is 1. The van der Waals surface area contributed by atoms with E-state index >= 15 is 0 Å². The lowest BCUT2D eigenvalue weighted by Gasteiger charge is -2.06. The van der Waals surface area contributed by atoms with Gasteiger partial charge in [0.1, 0.15) is 0 Å². The number of amides is 1. The number of carbonyl (C=O) groups is 1. The summed E-state index contributed by atoms with van der Waals surface area (Å²) in [6.07, 6.45) is 0. The molecule has 17 heavy (non-hydrogen) atoms. The van der Waals surface area contributed by atoms with Crippen LogP contribution in [0.3, 0.4) is 0 Å². The maximum atomic E-state index is 11.8. The van der Waals surface area contributed by atoms with Crippen molar-refractivity contribution in [3.05, 3.63) is 33.3 Å². The van der Waals surface area contributed by atoms with E-state index in [4.69, 9.17) is 11.6 Å². The number of carbonyl (C=O) groups excluding carboxylic acids is 1. The van der Waals surface area contributed by atoms with E-state index in [9.17, 15) is 9.00 Å². The van der Waals surface area contributed by atoms with Gasteiger partial charge in [0.15, 0.2) is 0 Å². The molecule has 0 aliphatic heterocycles. The van der Waals surface area contributed by atoms with Crippen LogP contribution in [-0.2, 0) is 10.8 Å². The highest BCUT2D eigenvalue weighted by Gasteiger charge is 2.09. The van der Waals surface area contributed by atoms with Gasteiger partial charge in [-0.3, -0.25) is 9.00 Å². The molecule has 0 bridgehead atoms. The summed E-state index contributed by atoms with van der Waals surface area (Å²) in [5.74, 6) is 0.898. The number of rotatable bonds is 5. The lowest BCUT2D eigenvalue weighted by Crippen LogP contribution is -2.28. The fourth-order valence-electron chi connectivity index (χ4n) is 1.19. The molecule has 0 fully saturated rings. The van der Waals surface area contributed by atoms with Crippen LogP contribution in [0.1, 0.15) is 17.3 Å². The second-order valence-corrected chi connectivity index (χ2v) is 6.47. The first-order valence-corrected chi connectivity index (χ1v) is 7.78. The van der Waals surface area contributed by atoms with Gasteiger partial charge in [-0.1, -0.05) is 18.5 Å². The van der Waals surface area contributed by atoms with Crippen molar-refractivity contribution in [3.8, 4) is 0 Å². The van der Waals surface area contributed by atoms with Gasteiger partial charge in [-0.15, -0.1) is 0 Å². The molecule has 0 aliphatic carbocycles. The molecule has 1 N–H and O–H groups in total. The van der Waals surface area contributed by atoms with Gasteiger partial charge in [0.05, 0.1) is 5.56 Å². The summed E-state index contributed by atoms with van der Waals surface area (Å²) in [6.45, 7) is 2.27. The Labute approximate surface area is 117 Å². The minimum atomic E-state index is -0.856. The first-order valence-electron chi connectivity index (χ1n) is 5.12. The van der Waals surface area contributed by atoms with Crippen molar-refractivity contribution in [2.75, 3.05) is 18.1 Å². The Kier molecular flexibility index (Phi) is 6.16. The molecule has 1 atom stereocenters. The van der Waals surface area contributed by atoms with Gasteiger partial charge in [-0.05, 0) is 34.1 Å². The Bertz CT molecular complexity index is 439. The van der Waals surface area contributed by atoms with E-state index in [2.05, 4.69) is 21.2 Å². The molecule has 0 heterocycles. The van der Waals surface area contributed by atoms with Crippen LogP contribution in [0, 0.1) is 0 Å². The molecule has 0 saturated heterocycles. The molecule has 1 amide bonds. The van der Waals surface area contributed by atoms with E-state index < -0.39 is 10.8 Å². The van der Waals surface area contributed by atoms with Crippen LogP contribution in [0.2, 0.25) is 5.02 Å². The maximum Gasteiger partial charge on any atom is 0.252 e. The third-order valence-corrected chi connectivity index (χ3v) is 4.31. The number of halogens is 2. The SMILES string of the molecule is CCS(=O)CCNC(=O)c1ccc(Cl)cc1Br. The first-order chi connectivity index (χ1) is 8.04. The molecule has 1 unspecified atom stereocenters. The minimum absolute atomic E-state index is 0.193. The summed E-state index contributed by atoms with van der Waals surface area (Å²) in [5, 5.41) is 3.29. The van der Waals surface area contributed by atoms with E-state index in [0.717, 1.165) is 0 Å². The van der Waals surface area contributed by atoms with Crippen molar-refractivity contribution in [2.24, 2.45) is 0 Å². The van der Waals surface area contributed by atoms with Crippen molar-refractivity contribution in [1.29, 1.82) is 0 Å². The van der Waals surface area contributed by atoms with Crippen LogP contribution in [0.25, 0.3) is 0 Å². The predicted octanol–water partition coefficient (Wildman–Crippen LogP) is 2.60. The Balaban J connectivity index is 2.55. The van der Waals surface area contributed by atoms with Crippen LogP contribution in [0.5, 0.6) is 0 Å². The van der Waals surface area contributed by atoms with Crippen molar-refractivity contribution < 1.29 is 9.00 Å². The molecular formula is C11H13BrClNO2S.